The first kappa shape index (κ1) is 15.2. The molecule has 1 saturated carbocycles. The lowest BCUT2D eigenvalue weighted by Gasteiger charge is -2.19. The third-order valence-electron chi connectivity index (χ3n) is 3.95. The Kier molecular flexibility index (Phi) is 5.77. The molecule has 1 aromatic carbocycles. The van der Waals surface area contributed by atoms with E-state index < -0.39 is 22.0 Å². The summed E-state index contributed by atoms with van der Waals surface area (Å²) in [6.45, 7) is 0. The van der Waals surface area contributed by atoms with E-state index in [4.69, 9.17) is 0 Å². The second-order valence-corrected chi connectivity index (χ2v) is 7.35. The van der Waals surface area contributed by atoms with Crippen LogP contribution in [0.1, 0.15) is 44.1 Å². The summed E-state index contributed by atoms with van der Waals surface area (Å²) in [6.07, 6.45) is 6.70. The molecule has 1 N–H and O–H groups in total. The van der Waals surface area contributed by atoms with E-state index in [2.05, 4.69) is 0 Å². The van der Waals surface area contributed by atoms with Gasteiger partial charge in [0.25, 0.3) is 0 Å². The molecule has 0 amide bonds. The predicted octanol–water partition coefficient (Wildman–Crippen LogP) is 3.15. The van der Waals surface area contributed by atoms with Crippen molar-refractivity contribution in [2.75, 3.05) is 0 Å². The zero-order valence-corrected chi connectivity index (χ0v) is 12.5. The molecule has 0 spiro atoms. The number of carbonyl (C=O) groups is 1. The van der Waals surface area contributed by atoms with Crippen LogP contribution in [0.25, 0.3) is 0 Å². The Morgan fingerprint density at radius 3 is 2.30 bits per heavy atom. The van der Waals surface area contributed by atoms with E-state index in [0.717, 1.165) is 31.2 Å². The van der Waals surface area contributed by atoms with Gasteiger partial charge in [-0.3, -0.25) is 9.00 Å². The molecular formula is C16H22O3S. The Morgan fingerprint density at radius 2 is 1.75 bits per heavy atom. The van der Waals surface area contributed by atoms with Crippen LogP contribution in [0.5, 0.6) is 0 Å². The number of hydrogen-bond acceptors (Lipinski definition) is 2. The molecule has 4 heteroatoms. The molecule has 0 bridgehead atoms. The zero-order chi connectivity index (χ0) is 14.4. The highest BCUT2D eigenvalue weighted by atomic mass is 32.2. The number of benzene rings is 1. The molecule has 1 aliphatic rings. The maximum absolute atomic E-state index is 12.6. The van der Waals surface area contributed by atoms with Gasteiger partial charge in [-0.25, -0.2) is 0 Å². The quantitative estimate of drug-likeness (QED) is 0.849. The summed E-state index contributed by atoms with van der Waals surface area (Å²) in [4.78, 5) is 11.5. The van der Waals surface area contributed by atoms with E-state index in [1.54, 1.807) is 0 Å². The molecule has 0 aromatic heterocycles. The minimum Gasteiger partial charge on any atom is -0.480 e. The minimum absolute atomic E-state index is 0.0577. The zero-order valence-electron chi connectivity index (χ0n) is 11.7. The summed E-state index contributed by atoms with van der Waals surface area (Å²) in [5, 5.41) is 8.69. The van der Waals surface area contributed by atoms with Gasteiger partial charge in [-0.05, 0) is 24.8 Å². The van der Waals surface area contributed by atoms with E-state index in [0.29, 0.717) is 6.42 Å². The van der Waals surface area contributed by atoms with Crippen molar-refractivity contribution in [2.24, 2.45) is 0 Å². The molecule has 2 atom stereocenters. The Balaban J connectivity index is 2.07. The van der Waals surface area contributed by atoms with Crippen molar-refractivity contribution >= 4 is 16.8 Å². The van der Waals surface area contributed by atoms with Crippen LogP contribution in [0.15, 0.2) is 30.3 Å². The molecule has 0 heterocycles. The van der Waals surface area contributed by atoms with Crippen molar-refractivity contribution in [3.63, 3.8) is 0 Å². The van der Waals surface area contributed by atoms with Crippen molar-refractivity contribution in [3.8, 4) is 0 Å². The first-order chi connectivity index (χ1) is 9.68. The van der Waals surface area contributed by atoms with Crippen LogP contribution in [0.4, 0.5) is 0 Å². The van der Waals surface area contributed by atoms with E-state index in [9.17, 15) is 14.1 Å². The maximum Gasteiger partial charge on any atom is 0.319 e. The normalized spacial score (nSPS) is 20.0. The van der Waals surface area contributed by atoms with E-state index in [-0.39, 0.29) is 5.25 Å². The number of carboxylic acid groups (broad SMARTS) is 1. The Labute approximate surface area is 122 Å². The Bertz CT molecular complexity index is 450. The lowest BCUT2D eigenvalue weighted by molar-refractivity contribution is -0.136. The molecular weight excluding hydrogens is 272 g/mol. The van der Waals surface area contributed by atoms with Crippen LogP contribution in [0.3, 0.4) is 0 Å². The molecule has 20 heavy (non-hydrogen) atoms. The van der Waals surface area contributed by atoms with Gasteiger partial charge in [0, 0.05) is 16.0 Å². The second kappa shape index (κ2) is 7.58. The first-order valence-electron chi connectivity index (χ1n) is 7.34. The summed E-state index contributed by atoms with van der Waals surface area (Å²) in [7, 11) is -1.29. The first-order valence-corrected chi connectivity index (χ1v) is 8.62. The third kappa shape index (κ3) is 4.17. The summed E-state index contributed by atoms with van der Waals surface area (Å²) < 4.78 is 12.6. The smallest absolute Gasteiger partial charge is 0.319 e. The molecule has 0 saturated heterocycles. The van der Waals surface area contributed by atoms with Crippen molar-refractivity contribution in [3.05, 3.63) is 35.9 Å². The lowest BCUT2D eigenvalue weighted by atomic mass is 10.1. The molecule has 1 fully saturated rings. The topological polar surface area (TPSA) is 54.4 Å². The van der Waals surface area contributed by atoms with Gasteiger partial charge < -0.3 is 5.11 Å². The third-order valence-corrected chi connectivity index (χ3v) is 6.01. The summed E-state index contributed by atoms with van der Waals surface area (Å²) in [5.41, 5.74) is 0.946. The molecule has 1 aromatic rings. The standard InChI is InChI=1S/C16H22O3S/c17-16(18)15(12-13-8-4-3-5-9-13)20(19)14-10-6-1-2-7-11-14/h3-5,8-9,14-15H,1-2,6-7,10-12H2,(H,17,18). The lowest BCUT2D eigenvalue weighted by Crippen LogP contribution is -2.34. The molecule has 1 aliphatic carbocycles. The Morgan fingerprint density at radius 1 is 1.15 bits per heavy atom. The van der Waals surface area contributed by atoms with Crippen LogP contribution >= 0.6 is 0 Å². The summed E-state index contributed by atoms with van der Waals surface area (Å²) in [6, 6.07) is 9.49. The highest BCUT2D eigenvalue weighted by molar-refractivity contribution is 7.87. The van der Waals surface area contributed by atoms with E-state index in [1.165, 1.54) is 12.8 Å². The number of carboxylic acids is 1. The fourth-order valence-electron chi connectivity index (χ4n) is 2.80. The van der Waals surface area contributed by atoms with Crippen molar-refractivity contribution in [1.29, 1.82) is 0 Å². The average Bonchev–Trinajstić information content (AvgIpc) is 2.74. The van der Waals surface area contributed by atoms with Gasteiger partial charge >= 0.3 is 5.97 Å². The maximum atomic E-state index is 12.6. The van der Waals surface area contributed by atoms with Gasteiger partial charge in [0.15, 0.2) is 0 Å². The molecule has 0 radical (unpaired) electrons. The Hall–Kier alpha value is -1.16. The number of aliphatic carboxylic acids is 1. The molecule has 2 unspecified atom stereocenters. The fraction of sp³-hybridized carbons (Fsp3) is 0.562. The van der Waals surface area contributed by atoms with Crippen LogP contribution in [-0.2, 0) is 22.0 Å². The molecule has 2 rings (SSSR count). The van der Waals surface area contributed by atoms with Gasteiger partial charge in [0.05, 0.1) is 0 Å². The van der Waals surface area contributed by atoms with Crippen molar-refractivity contribution in [2.45, 2.75) is 55.4 Å². The highest BCUT2D eigenvalue weighted by Crippen LogP contribution is 2.24. The summed E-state index contributed by atoms with van der Waals surface area (Å²) in [5.74, 6) is -0.934. The highest BCUT2D eigenvalue weighted by Gasteiger charge is 2.31. The molecule has 3 nitrogen and oxygen atoms in total. The van der Waals surface area contributed by atoms with Crippen LogP contribution in [0, 0.1) is 0 Å². The summed E-state index contributed by atoms with van der Waals surface area (Å²) >= 11 is 0. The largest absolute Gasteiger partial charge is 0.480 e. The predicted molar refractivity (Wildman–Crippen MR) is 81.2 cm³/mol. The molecule has 0 aliphatic heterocycles. The second-order valence-electron chi connectivity index (χ2n) is 5.46. The number of rotatable bonds is 5. The van der Waals surface area contributed by atoms with Gasteiger partial charge in [-0.2, -0.15) is 0 Å². The number of hydrogen-bond donors (Lipinski definition) is 1. The van der Waals surface area contributed by atoms with Gasteiger partial charge in [0.1, 0.15) is 5.25 Å². The fourth-order valence-corrected chi connectivity index (χ4v) is 4.62. The van der Waals surface area contributed by atoms with E-state index >= 15 is 0 Å². The average molecular weight is 294 g/mol. The van der Waals surface area contributed by atoms with Crippen molar-refractivity contribution in [1.82, 2.24) is 0 Å². The van der Waals surface area contributed by atoms with E-state index in [1.807, 2.05) is 30.3 Å². The van der Waals surface area contributed by atoms with Crippen molar-refractivity contribution < 1.29 is 14.1 Å². The monoisotopic (exact) mass is 294 g/mol. The van der Waals surface area contributed by atoms with Gasteiger partial charge in [-0.1, -0.05) is 56.0 Å². The van der Waals surface area contributed by atoms with Gasteiger partial charge in [0.2, 0.25) is 0 Å². The SMILES string of the molecule is O=C(O)C(Cc1ccccc1)S(=O)C1CCCCCC1. The molecule has 110 valence electrons. The van der Waals surface area contributed by atoms with Crippen LogP contribution in [0.2, 0.25) is 0 Å². The van der Waals surface area contributed by atoms with Gasteiger partial charge in [-0.15, -0.1) is 0 Å². The van der Waals surface area contributed by atoms with Crippen LogP contribution < -0.4 is 0 Å². The minimum atomic E-state index is -1.29. The van der Waals surface area contributed by atoms with Crippen LogP contribution in [-0.4, -0.2) is 25.8 Å².